The minimum Gasteiger partial charge on any atom is -0.385 e. The predicted molar refractivity (Wildman–Crippen MR) is 66.5 cm³/mol. The van der Waals surface area contributed by atoms with Crippen LogP contribution in [0.25, 0.3) is 0 Å². The SMILES string of the molecule is CC(C)CNCC1(O)CC(C)(C)OC1(C)C. The van der Waals surface area contributed by atoms with Crippen molar-refractivity contribution in [2.24, 2.45) is 5.92 Å². The molecule has 1 saturated heterocycles. The van der Waals surface area contributed by atoms with Gasteiger partial charge in [-0.15, -0.1) is 0 Å². The first-order valence-corrected chi connectivity index (χ1v) is 6.21. The van der Waals surface area contributed by atoms with Crippen molar-refractivity contribution in [1.82, 2.24) is 5.32 Å². The van der Waals surface area contributed by atoms with Crippen LogP contribution in [0.3, 0.4) is 0 Å². The summed E-state index contributed by atoms with van der Waals surface area (Å²) in [6, 6.07) is 0. The average Bonchev–Trinajstić information content (AvgIpc) is 2.13. The molecule has 16 heavy (non-hydrogen) atoms. The summed E-state index contributed by atoms with van der Waals surface area (Å²) >= 11 is 0. The largest absolute Gasteiger partial charge is 0.385 e. The average molecular weight is 229 g/mol. The van der Waals surface area contributed by atoms with Gasteiger partial charge in [0, 0.05) is 13.0 Å². The van der Waals surface area contributed by atoms with E-state index in [-0.39, 0.29) is 5.60 Å². The molecule has 0 bridgehead atoms. The van der Waals surface area contributed by atoms with Gasteiger partial charge < -0.3 is 15.2 Å². The van der Waals surface area contributed by atoms with Crippen molar-refractivity contribution in [3.8, 4) is 0 Å². The van der Waals surface area contributed by atoms with E-state index >= 15 is 0 Å². The van der Waals surface area contributed by atoms with Gasteiger partial charge in [-0.05, 0) is 40.2 Å². The molecule has 0 aromatic heterocycles. The number of aliphatic hydroxyl groups is 1. The molecule has 1 rings (SSSR count). The number of hydrogen-bond donors (Lipinski definition) is 2. The molecule has 1 heterocycles. The van der Waals surface area contributed by atoms with Crippen LogP contribution in [-0.4, -0.2) is 35.0 Å². The maximum atomic E-state index is 10.7. The molecule has 0 spiro atoms. The lowest BCUT2D eigenvalue weighted by atomic mass is 9.82. The third-order valence-electron chi connectivity index (χ3n) is 3.34. The van der Waals surface area contributed by atoms with E-state index in [1.54, 1.807) is 0 Å². The van der Waals surface area contributed by atoms with Crippen molar-refractivity contribution in [1.29, 1.82) is 0 Å². The van der Waals surface area contributed by atoms with E-state index in [4.69, 9.17) is 4.74 Å². The van der Waals surface area contributed by atoms with Crippen molar-refractivity contribution in [3.63, 3.8) is 0 Å². The zero-order valence-electron chi connectivity index (χ0n) is 11.6. The van der Waals surface area contributed by atoms with Gasteiger partial charge in [0.2, 0.25) is 0 Å². The van der Waals surface area contributed by atoms with Crippen LogP contribution in [0.1, 0.15) is 48.0 Å². The van der Waals surface area contributed by atoms with Crippen LogP contribution in [-0.2, 0) is 4.74 Å². The highest BCUT2D eigenvalue weighted by Crippen LogP contribution is 2.44. The van der Waals surface area contributed by atoms with E-state index in [1.807, 2.05) is 27.7 Å². The number of nitrogens with one attached hydrogen (secondary N) is 1. The van der Waals surface area contributed by atoms with Gasteiger partial charge in [0.05, 0.1) is 11.2 Å². The smallest absolute Gasteiger partial charge is 0.108 e. The van der Waals surface area contributed by atoms with Gasteiger partial charge in [0.25, 0.3) is 0 Å². The summed E-state index contributed by atoms with van der Waals surface area (Å²) in [6.07, 6.45) is 0.679. The highest BCUT2D eigenvalue weighted by Gasteiger charge is 2.55. The highest BCUT2D eigenvalue weighted by molar-refractivity contribution is 5.07. The molecule has 0 amide bonds. The van der Waals surface area contributed by atoms with Crippen molar-refractivity contribution >= 4 is 0 Å². The second kappa shape index (κ2) is 4.28. The van der Waals surface area contributed by atoms with Crippen LogP contribution in [0.15, 0.2) is 0 Å². The summed E-state index contributed by atoms with van der Waals surface area (Å²) in [6.45, 7) is 13.9. The van der Waals surface area contributed by atoms with E-state index in [1.165, 1.54) is 0 Å². The molecule has 96 valence electrons. The van der Waals surface area contributed by atoms with Gasteiger partial charge >= 0.3 is 0 Å². The number of ether oxygens (including phenoxy) is 1. The predicted octanol–water partition coefficient (Wildman–Crippen LogP) is 1.94. The molecule has 0 aliphatic carbocycles. The molecule has 1 atom stereocenters. The normalized spacial score (nSPS) is 32.2. The third kappa shape index (κ3) is 2.96. The Kier molecular flexibility index (Phi) is 3.73. The minimum absolute atomic E-state index is 0.238. The summed E-state index contributed by atoms with van der Waals surface area (Å²) in [7, 11) is 0. The van der Waals surface area contributed by atoms with Crippen LogP contribution in [0.2, 0.25) is 0 Å². The van der Waals surface area contributed by atoms with Crippen molar-refractivity contribution < 1.29 is 9.84 Å². The van der Waals surface area contributed by atoms with Gasteiger partial charge in [-0.3, -0.25) is 0 Å². The Balaban J connectivity index is 2.62. The van der Waals surface area contributed by atoms with Gasteiger partial charge in [-0.25, -0.2) is 0 Å². The maximum Gasteiger partial charge on any atom is 0.108 e. The first-order valence-electron chi connectivity index (χ1n) is 6.21. The molecule has 0 aromatic carbocycles. The lowest BCUT2D eigenvalue weighted by Gasteiger charge is -2.35. The van der Waals surface area contributed by atoms with Crippen molar-refractivity contribution in [2.75, 3.05) is 13.1 Å². The second-order valence-electron chi connectivity index (χ2n) is 6.61. The fourth-order valence-corrected chi connectivity index (χ4v) is 2.58. The first-order chi connectivity index (χ1) is 7.08. The second-order valence-corrected chi connectivity index (χ2v) is 6.61. The quantitative estimate of drug-likeness (QED) is 0.774. The molecular formula is C13H27NO2. The van der Waals surface area contributed by atoms with E-state index in [0.717, 1.165) is 6.54 Å². The Morgan fingerprint density at radius 3 is 2.19 bits per heavy atom. The monoisotopic (exact) mass is 229 g/mol. The minimum atomic E-state index is -0.772. The molecule has 0 saturated carbocycles. The Bertz CT molecular complexity index is 248. The molecule has 1 unspecified atom stereocenters. The topological polar surface area (TPSA) is 41.5 Å². The molecule has 3 nitrogen and oxygen atoms in total. The molecular weight excluding hydrogens is 202 g/mol. The van der Waals surface area contributed by atoms with Crippen molar-refractivity contribution in [3.05, 3.63) is 0 Å². The van der Waals surface area contributed by atoms with E-state index < -0.39 is 11.2 Å². The lowest BCUT2D eigenvalue weighted by Crippen LogP contribution is -2.53. The summed E-state index contributed by atoms with van der Waals surface area (Å²) in [5, 5.41) is 14.0. The van der Waals surface area contributed by atoms with Crippen LogP contribution >= 0.6 is 0 Å². The molecule has 2 N–H and O–H groups in total. The Hall–Kier alpha value is -0.120. The summed E-state index contributed by atoms with van der Waals surface area (Å²) < 4.78 is 5.92. The molecule has 1 aliphatic heterocycles. The Labute approximate surface area is 99.6 Å². The van der Waals surface area contributed by atoms with Crippen molar-refractivity contribution in [2.45, 2.75) is 64.8 Å². The molecule has 0 aromatic rings. The zero-order valence-corrected chi connectivity index (χ0v) is 11.6. The number of hydrogen-bond acceptors (Lipinski definition) is 3. The summed E-state index contributed by atoms with van der Waals surface area (Å²) in [4.78, 5) is 0. The zero-order chi connectivity index (χ0) is 12.6. The maximum absolute atomic E-state index is 10.7. The fraction of sp³-hybridized carbons (Fsp3) is 1.00. The van der Waals surface area contributed by atoms with Gasteiger partial charge in [0.1, 0.15) is 5.60 Å². The molecule has 0 radical (unpaired) electrons. The molecule has 1 aliphatic rings. The Morgan fingerprint density at radius 2 is 1.81 bits per heavy atom. The van der Waals surface area contributed by atoms with Crippen LogP contribution < -0.4 is 5.32 Å². The fourth-order valence-electron chi connectivity index (χ4n) is 2.58. The van der Waals surface area contributed by atoms with Gasteiger partial charge in [0.15, 0.2) is 0 Å². The van der Waals surface area contributed by atoms with E-state index in [0.29, 0.717) is 18.9 Å². The van der Waals surface area contributed by atoms with Crippen LogP contribution in [0.4, 0.5) is 0 Å². The first kappa shape index (κ1) is 13.9. The van der Waals surface area contributed by atoms with E-state index in [9.17, 15) is 5.11 Å². The molecule has 1 fully saturated rings. The van der Waals surface area contributed by atoms with Gasteiger partial charge in [-0.1, -0.05) is 13.8 Å². The third-order valence-corrected chi connectivity index (χ3v) is 3.34. The molecule has 3 heteroatoms. The highest BCUT2D eigenvalue weighted by atomic mass is 16.5. The Morgan fingerprint density at radius 1 is 1.25 bits per heavy atom. The lowest BCUT2D eigenvalue weighted by molar-refractivity contribution is -0.124. The summed E-state index contributed by atoms with van der Waals surface area (Å²) in [5.74, 6) is 0.599. The standard InChI is InChI=1S/C13H27NO2/c1-10(2)7-14-9-13(15)8-11(3,4)16-12(13,5)6/h10,14-15H,7-9H2,1-6H3. The van der Waals surface area contributed by atoms with Gasteiger partial charge in [-0.2, -0.15) is 0 Å². The number of rotatable bonds is 4. The van der Waals surface area contributed by atoms with E-state index in [2.05, 4.69) is 19.2 Å². The summed E-state index contributed by atoms with van der Waals surface area (Å²) in [5.41, 5.74) is -1.50. The van der Waals surface area contributed by atoms with Crippen LogP contribution in [0, 0.1) is 5.92 Å². The van der Waals surface area contributed by atoms with Crippen LogP contribution in [0.5, 0.6) is 0 Å².